The summed E-state index contributed by atoms with van der Waals surface area (Å²) in [5, 5.41) is 0. The summed E-state index contributed by atoms with van der Waals surface area (Å²) in [6.07, 6.45) is 18.3. The first kappa shape index (κ1) is 20.2. The fourth-order valence-corrected chi connectivity index (χ4v) is 9.20. The highest BCUT2D eigenvalue weighted by molar-refractivity contribution is 5.09. The minimum Gasteiger partial charge on any atom is -0.309 e. The molecule has 0 aromatic heterocycles. The molecule has 27 heavy (non-hydrogen) atoms. The van der Waals surface area contributed by atoms with Crippen molar-refractivity contribution in [1.29, 1.82) is 0 Å². The van der Waals surface area contributed by atoms with Crippen LogP contribution in [0.25, 0.3) is 0 Å². The molecule has 0 amide bonds. The van der Waals surface area contributed by atoms with Gasteiger partial charge in [0.2, 0.25) is 0 Å². The summed E-state index contributed by atoms with van der Waals surface area (Å²) in [4.78, 5) is 2.36. The van der Waals surface area contributed by atoms with E-state index in [9.17, 15) is 0 Å². The second-order valence-corrected chi connectivity index (χ2v) is 12.1. The maximum atomic E-state index is 2.74. The van der Waals surface area contributed by atoms with Gasteiger partial charge in [0.15, 0.2) is 0 Å². The van der Waals surface area contributed by atoms with Gasteiger partial charge in [-0.05, 0) is 131 Å². The van der Waals surface area contributed by atoms with E-state index in [4.69, 9.17) is 0 Å². The summed E-state index contributed by atoms with van der Waals surface area (Å²) in [6, 6.07) is 0. The van der Waals surface area contributed by atoms with E-state index in [1.54, 1.807) is 44.9 Å². The maximum Gasteiger partial charge on any atom is -0.00247 e. The van der Waals surface area contributed by atoms with Crippen molar-refractivity contribution >= 4 is 0 Å². The Labute approximate surface area is 170 Å². The highest BCUT2D eigenvalue weighted by atomic mass is 15.0. The van der Waals surface area contributed by atoms with Crippen molar-refractivity contribution in [2.75, 3.05) is 20.6 Å². The van der Waals surface area contributed by atoms with Crippen molar-refractivity contribution < 1.29 is 0 Å². The average Bonchev–Trinajstić information content (AvgIpc) is 2.98. The standard InChI is InChI=1S/C26H47N/c1-19(9-8-18-27(4)5)22-13-14-23-21-12-11-20-10-6-7-16-25(20,2)24(21)15-17-26(22,23)3/h19-24H,6-18H2,1-5H3/t19-,20-,21-,22-,23+,24+,25+,26-/m1/s1. The third kappa shape index (κ3) is 3.43. The Hall–Kier alpha value is -0.0400. The van der Waals surface area contributed by atoms with Crippen molar-refractivity contribution in [2.24, 2.45) is 46.3 Å². The molecule has 4 aliphatic rings. The van der Waals surface area contributed by atoms with Crippen LogP contribution in [0.3, 0.4) is 0 Å². The first-order valence-electron chi connectivity index (χ1n) is 12.5. The lowest BCUT2D eigenvalue weighted by atomic mass is 9.44. The molecule has 0 bridgehead atoms. The Balaban J connectivity index is 1.46. The second kappa shape index (κ2) is 7.66. The van der Waals surface area contributed by atoms with Gasteiger partial charge in [-0.25, -0.2) is 0 Å². The van der Waals surface area contributed by atoms with Crippen LogP contribution in [0.2, 0.25) is 0 Å². The summed E-state index contributed by atoms with van der Waals surface area (Å²) in [6.45, 7) is 9.33. The van der Waals surface area contributed by atoms with Gasteiger partial charge in [-0.3, -0.25) is 0 Å². The molecule has 156 valence electrons. The van der Waals surface area contributed by atoms with Crippen molar-refractivity contribution in [3.05, 3.63) is 0 Å². The molecular formula is C26H47N. The molecule has 1 nitrogen and oxygen atoms in total. The zero-order chi connectivity index (χ0) is 19.2. The quantitative estimate of drug-likeness (QED) is 0.501. The minimum atomic E-state index is 0.663. The molecule has 1 heteroatoms. The van der Waals surface area contributed by atoms with Gasteiger partial charge < -0.3 is 4.90 Å². The Morgan fingerprint density at radius 2 is 1.63 bits per heavy atom. The molecule has 0 radical (unpaired) electrons. The van der Waals surface area contributed by atoms with Gasteiger partial charge >= 0.3 is 0 Å². The second-order valence-electron chi connectivity index (χ2n) is 12.1. The third-order valence-electron chi connectivity index (χ3n) is 10.6. The number of fused-ring (bicyclic) bond motifs is 5. The van der Waals surface area contributed by atoms with Crippen LogP contribution in [0.5, 0.6) is 0 Å². The summed E-state index contributed by atoms with van der Waals surface area (Å²) in [5.74, 6) is 6.19. The summed E-state index contributed by atoms with van der Waals surface area (Å²) >= 11 is 0. The fourth-order valence-electron chi connectivity index (χ4n) is 9.20. The molecule has 0 unspecified atom stereocenters. The molecule has 4 rings (SSSR count). The zero-order valence-corrected chi connectivity index (χ0v) is 19.1. The lowest BCUT2D eigenvalue weighted by Gasteiger charge is -2.61. The van der Waals surface area contributed by atoms with Gasteiger partial charge in [0.25, 0.3) is 0 Å². The average molecular weight is 374 g/mol. The van der Waals surface area contributed by atoms with E-state index in [2.05, 4.69) is 39.8 Å². The predicted octanol–water partition coefficient (Wildman–Crippen LogP) is 7.01. The van der Waals surface area contributed by atoms with Crippen LogP contribution in [-0.4, -0.2) is 25.5 Å². The number of hydrogen-bond donors (Lipinski definition) is 0. The van der Waals surface area contributed by atoms with E-state index in [1.807, 2.05) is 0 Å². The Morgan fingerprint density at radius 3 is 2.41 bits per heavy atom. The van der Waals surface area contributed by atoms with E-state index < -0.39 is 0 Å². The first-order valence-corrected chi connectivity index (χ1v) is 12.5. The molecular weight excluding hydrogens is 326 g/mol. The Kier molecular flexibility index (Phi) is 5.74. The molecule has 4 saturated carbocycles. The monoisotopic (exact) mass is 373 g/mol. The van der Waals surface area contributed by atoms with E-state index in [0.717, 1.165) is 35.5 Å². The van der Waals surface area contributed by atoms with Crippen molar-refractivity contribution in [1.82, 2.24) is 4.90 Å². The van der Waals surface area contributed by atoms with Crippen LogP contribution in [0, 0.1) is 46.3 Å². The summed E-state index contributed by atoms with van der Waals surface area (Å²) < 4.78 is 0. The Bertz CT molecular complexity index is 512. The number of nitrogens with zero attached hydrogens (tertiary/aromatic N) is 1. The highest BCUT2D eigenvalue weighted by Gasteiger charge is 2.59. The lowest BCUT2D eigenvalue weighted by Crippen LogP contribution is -2.53. The minimum absolute atomic E-state index is 0.663. The van der Waals surface area contributed by atoms with Gasteiger partial charge in [0.05, 0.1) is 0 Å². The largest absolute Gasteiger partial charge is 0.309 e. The first-order chi connectivity index (χ1) is 12.9. The smallest absolute Gasteiger partial charge is 0.00247 e. The highest BCUT2D eigenvalue weighted by Crippen LogP contribution is 2.68. The fraction of sp³-hybridized carbons (Fsp3) is 1.00. The normalized spacial score (nSPS) is 48.0. The molecule has 0 heterocycles. The van der Waals surface area contributed by atoms with Gasteiger partial charge in [0, 0.05) is 0 Å². The Morgan fingerprint density at radius 1 is 0.852 bits per heavy atom. The van der Waals surface area contributed by atoms with Crippen LogP contribution < -0.4 is 0 Å². The number of hydrogen-bond acceptors (Lipinski definition) is 1. The van der Waals surface area contributed by atoms with Crippen molar-refractivity contribution in [3.8, 4) is 0 Å². The molecule has 0 aromatic carbocycles. The molecule has 0 aromatic rings. The van der Waals surface area contributed by atoms with Crippen LogP contribution in [0.15, 0.2) is 0 Å². The third-order valence-corrected chi connectivity index (χ3v) is 10.6. The van der Waals surface area contributed by atoms with E-state index in [0.29, 0.717) is 10.8 Å². The molecule has 0 spiro atoms. The van der Waals surface area contributed by atoms with E-state index in [1.165, 1.54) is 38.6 Å². The topological polar surface area (TPSA) is 3.24 Å². The van der Waals surface area contributed by atoms with Crippen LogP contribution in [0.1, 0.15) is 97.8 Å². The molecule has 4 aliphatic carbocycles. The van der Waals surface area contributed by atoms with Gasteiger partial charge in [-0.2, -0.15) is 0 Å². The van der Waals surface area contributed by atoms with Gasteiger partial charge in [-0.15, -0.1) is 0 Å². The maximum absolute atomic E-state index is 2.74. The molecule has 4 fully saturated rings. The summed E-state index contributed by atoms with van der Waals surface area (Å²) in [5.41, 5.74) is 1.37. The molecule has 8 atom stereocenters. The van der Waals surface area contributed by atoms with Crippen LogP contribution in [0.4, 0.5) is 0 Å². The molecule has 0 saturated heterocycles. The summed E-state index contributed by atoms with van der Waals surface area (Å²) in [7, 11) is 4.45. The van der Waals surface area contributed by atoms with Gasteiger partial charge in [-0.1, -0.05) is 33.6 Å². The SMILES string of the molecule is C[C@H](CCCN(C)C)[C@H]1CC[C@H]2[C@H]3CC[C@H]4CCCC[C@]4(C)[C@H]3CC[C@]12C. The zero-order valence-electron chi connectivity index (χ0n) is 19.1. The number of rotatable bonds is 5. The molecule has 0 N–H and O–H groups in total. The van der Waals surface area contributed by atoms with Gasteiger partial charge in [0.1, 0.15) is 0 Å². The van der Waals surface area contributed by atoms with Crippen LogP contribution in [-0.2, 0) is 0 Å². The lowest BCUT2D eigenvalue weighted by molar-refractivity contribution is -0.114. The van der Waals surface area contributed by atoms with Crippen molar-refractivity contribution in [2.45, 2.75) is 97.8 Å². The van der Waals surface area contributed by atoms with E-state index >= 15 is 0 Å². The van der Waals surface area contributed by atoms with Crippen molar-refractivity contribution in [3.63, 3.8) is 0 Å². The van der Waals surface area contributed by atoms with Crippen LogP contribution >= 0.6 is 0 Å². The predicted molar refractivity (Wildman–Crippen MR) is 117 cm³/mol. The van der Waals surface area contributed by atoms with E-state index in [-0.39, 0.29) is 0 Å². The molecule has 0 aliphatic heterocycles.